The standard InChI is InChI=1S/C14H14F3N3O2/c1-8(5-9(2)21)18-13(22)10-3-4-12-19-11(14(15,16)17)7-20(12)6-10/h3-4,6-8H,5H2,1-2H3,(H,18,22). The van der Waals surface area contributed by atoms with Gasteiger partial charge in [-0.1, -0.05) is 0 Å². The Morgan fingerprint density at radius 1 is 1.32 bits per heavy atom. The van der Waals surface area contributed by atoms with Gasteiger partial charge in [0.05, 0.1) is 5.56 Å². The highest BCUT2D eigenvalue weighted by atomic mass is 19.4. The molecule has 118 valence electrons. The van der Waals surface area contributed by atoms with Gasteiger partial charge >= 0.3 is 6.18 Å². The topological polar surface area (TPSA) is 63.5 Å². The normalized spacial score (nSPS) is 13.1. The molecule has 8 heteroatoms. The Kier molecular flexibility index (Phi) is 4.20. The fourth-order valence-electron chi connectivity index (χ4n) is 2.05. The average molecular weight is 313 g/mol. The molecule has 5 nitrogen and oxygen atoms in total. The summed E-state index contributed by atoms with van der Waals surface area (Å²) < 4.78 is 38.9. The fourth-order valence-corrected chi connectivity index (χ4v) is 2.05. The van der Waals surface area contributed by atoms with E-state index in [-0.39, 0.29) is 29.5 Å². The number of aromatic nitrogens is 2. The van der Waals surface area contributed by atoms with Gasteiger partial charge in [0, 0.05) is 24.9 Å². The number of nitrogens with zero attached hydrogens (tertiary/aromatic N) is 2. The molecule has 0 bridgehead atoms. The van der Waals surface area contributed by atoms with Crippen molar-refractivity contribution in [3.05, 3.63) is 35.8 Å². The SMILES string of the molecule is CC(=O)CC(C)NC(=O)c1ccc2nc(C(F)(F)F)cn2c1. The minimum Gasteiger partial charge on any atom is -0.349 e. The first-order valence-corrected chi connectivity index (χ1v) is 6.53. The molecule has 2 rings (SSSR count). The number of Topliss-reactive ketones (excluding diaryl/α,β-unsaturated/α-hetero) is 1. The molecule has 2 aromatic heterocycles. The number of halogens is 3. The van der Waals surface area contributed by atoms with Crippen LogP contribution in [0.3, 0.4) is 0 Å². The van der Waals surface area contributed by atoms with Crippen molar-refractivity contribution >= 4 is 17.3 Å². The number of fused-ring (bicyclic) bond motifs is 1. The Hall–Kier alpha value is -2.38. The minimum absolute atomic E-state index is 0.0623. The van der Waals surface area contributed by atoms with Crippen LogP contribution < -0.4 is 5.32 Å². The molecule has 1 atom stereocenters. The molecular formula is C14H14F3N3O2. The van der Waals surface area contributed by atoms with Crippen LogP contribution in [0, 0.1) is 0 Å². The Balaban J connectivity index is 2.22. The second kappa shape index (κ2) is 5.78. The number of carbonyl (C=O) groups excluding carboxylic acids is 2. The molecule has 0 aromatic carbocycles. The lowest BCUT2D eigenvalue weighted by Crippen LogP contribution is -2.33. The smallest absolute Gasteiger partial charge is 0.349 e. The first-order valence-electron chi connectivity index (χ1n) is 6.53. The van der Waals surface area contributed by atoms with Crippen molar-refractivity contribution in [3.63, 3.8) is 0 Å². The molecule has 0 aliphatic heterocycles. The van der Waals surface area contributed by atoms with Crippen LogP contribution in [0.1, 0.15) is 36.3 Å². The highest BCUT2D eigenvalue weighted by Gasteiger charge is 2.33. The third-order valence-corrected chi connectivity index (χ3v) is 2.97. The zero-order chi connectivity index (χ0) is 16.5. The molecule has 0 aliphatic carbocycles. The number of hydrogen-bond donors (Lipinski definition) is 1. The van der Waals surface area contributed by atoms with Crippen LogP contribution in [0.2, 0.25) is 0 Å². The van der Waals surface area contributed by atoms with E-state index in [9.17, 15) is 22.8 Å². The number of carbonyl (C=O) groups is 2. The summed E-state index contributed by atoms with van der Waals surface area (Å²) in [5, 5.41) is 2.61. The lowest BCUT2D eigenvalue weighted by atomic mass is 10.1. The summed E-state index contributed by atoms with van der Waals surface area (Å²) in [5.74, 6) is -0.523. The van der Waals surface area contributed by atoms with E-state index >= 15 is 0 Å². The van der Waals surface area contributed by atoms with E-state index < -0.39 is 17.8 Å². The van der Waals surface area contributed by atoms with Gasteiger partial charge in [0.1, 0.15) is 11.4 Å². The van der Waals surface area contributed by atoms with Gasteiger partial charge in [-0.2, -0.15) is 13.2 Å². The number of pyridine rings is 1. The van der Waals surface area contributed by atoms with E-state index in [0.717, 1.165) is 10.6 Å². The van der Waals surface area contributed by atoms with E-state index in [2.05, 4.69) is 10.3 Å². The summed E-state index contributed by atoms with van der Waals surface area (Å²) in [4.78, 5) is 26.4. The number of hydrogen-bond acceptors (Lipinski definition) is 3. The van der Waals surface area contributed by atoms with Crippen molar-refractivity contribution in [2.75, 3.05) is 0 Å². The van der Waals surface area contributed by atoms with Gasteiger partial charge in [-0.05, 0) is 26.0 Å². The molecule has 0 aliphatic rings. The van der Waals surface area contributed by atoms with Gasteiger partial charge in [-0.3, -0.25) is 9.59 Å². The van der Waals surface area contributed by atoms with Crippen LogP contribution >= 0.6 is 0 Å². The molecule has 1 N–H and O–H groups in total. The molecule has 0 spiro atoms. The van der Waals surface area contributed by atoms with Crippen LogP contribution in [-0.2, 0) is 11.0 Å². The first kappa shape index (κ1) is 16.0. The van der Waals surface area contributed by atoms with Gasteiger partial charge < -0.3 is 9.72 Å². The lowest BCUT2D eigenvalue weighted by Gasteiger charge is -2.12. The maximum absolute atomic E-state index is 12.6. The Morgan fingerprint density at radius 3 is 2.59 bits per heavy atom. The molecule has 2 heterocycles. The number of nitrogens with one attached hydrogen (secondary N) is 1. The van der Waals surface area contributed by atoms with Crippen molar-refractivity contribution in [1.82, 2.24) is 14.7 Å². The second-order valence-electron chi connectivity index (χ2n) is 5.09. The van der Waals surface area contributed by atoms with Crippen molar-refractivity contribution in [3.8, 4) is 0 Å². The van der Waals surface area contributed by atoms with Crippen LogP contribution in [-0.4, -0.2) is 27.1 Å². The third-order valence-electron chi connectivity index (χ3n) is 2.97. The summed E-state index contributed by atoms with van der Waals surface area (Å²) in [5.41, 5.74) is -0.732. The van der Waals surface area contributed by atoms with Crippen LogP contribution in [0.15, 0.2) is 24.5 Å². The summed E-state index contributed by atoms with van der Waals surface area (Å²) in [6.07, 6.45) is -2.25. The molecule has 2 aromatic rings. The molecular weight excluding hydrogens is 299 g/mol. The van der Waals surface area contributed by atoms with Gasteiger partial charge in [0.15, 0.2) is 5.69 Å². The van der Waals surface area contributed by atoms with E-state index in [4.69, 9.17) is 0 Å². The first-order chi connectivity index (χ1) is 10.2. The zero-order valence-corrected chi connectivity index (χ0v) is 11.9. The quantitative estimate of drug-likeness (QED) is 0.943. The van der Waals surface area contributed by atoms with Crippen molar-refractivity contribution in [2.24, 2.45) is 0 Å². The fraction of sp³-hybridized carbons (Fsp3) is 0.357. The average Bonchev–Trinajstić information content (AvgIpc) is 2.79. The maximum Gasteiger partial charge on any atom is 0.434 e. The lowest BCUT2D eigenvalue weighted by molar-refractivity contribution is -0.140. The molecule has 22 heavy (non-hydrogen) atoms. The van der Waals surface area contributed by atoms with Gasteiger partial charge in [0.2, 0.25) is 0 Å². The van der Waals surface area contributed by atoms with E-state index in [1.807, 2.05) is 0 Å². The van der Waals surface area contributed by atoms with E-state index in [1.54, 1.807) is 6.92 Å². The molecule has 0 radical (unpaired) electrons. The predicted octanol–water partition coefficient (Wildman–Crippen LogP) is 2.45. The van der Waals surface area contributed by atoms with Gasteiger partial charge in [-0.25, -0.2) is 4.98 Å². The molecule has 0 fully saturated rings. The number of ketones is 1. The number of alkyl halides is 3. The highest BCUT2D eigenvalue weighted by Crippen LogP contribution is 2.28. The molecule has 1 amide bonds. The van der Waals surface area contributed by atoms with E-state index in [1.165, 1.54) is 25.3 Å². The van der Waals surface area contributed by atoms with Crippen molar-refractivity contribution in [1.29, 1.82) is 0 Å². The number of imidazole rings is 1. The molecule has 0 saturated heterocycles. The predicted molar refractivity (Wildman–Crippen MR) is 72.4 cm³/mol. The summed E-state index contributed by atoms with van der Waals surface area (Å²) in [7, 11) is 0. The van der Waals surface area contributed by atoms with Gasteiger partial charge in [0.25, 0.3) is 5.91 Å². The number of amides is 1. The molecule has 1 unspecified atom stereocenters. The second-order valence-corrected chi connectivity index (χ2v) is 5.09. The largest absolute Gasteiger partial charge is 0.434 e. The maximum atomic E-state index is 12.6. The highest BCUT2D eigenvalue weighted by molar-refractivity contribution is 5.94. The Bertz CT molecular complexity index is 722. The summed E-state index contributed by atoms with van der Waals surface area (Å²) >= 11 is 0. The van der Waals surface area contributed by atoms with Crippen LogP contribution in [0.5, 0.6) is 0 Å². The third kappa shape index (κ3) is 3.63. The zero-order valence-electron chi connectivity index (χ0n) is 11.9. The van der Waals surface area contributed by atoms with Gasteiger partial charge in [-0.15, -0.1) is 0 Å². The number of rotatable bonds is 4. The Labute approximate surface area is 124 Å². The van der Waals surface area contributed by atoms with Crippen LogP contribution in [0.4, 0.5) is 13.2 Å². The van der Waals surface area contributed by atoms with Crippen molar-refractivity contribution < 1.29 is 22.8 Å². The van der Waals surface area contributed by atoms with Crippen LogP contribution in [0.25, 0.3) is 5.65 Å². The minimum atomic E-state index is -4.54. The summed E-state index contributed by atoms with van der Waals surface area (Å²) in [6, 6.07) is 2.37. The van der Waals surface area contributed by atoms with Crippen molar-refractivity contribution in [2.45, 2.75) is 32.5 Å². The summed E-state index contributed by atoms with van der Waals surface area (Å²) in [6.45, 7) is 3.09. The monoisotopic (exact) mass is 313 g/mol. The van der Waals surface area contributed by atoms with E-state index in [0.29, 0.717) is 0 Å². The Morgan fingerprint density at radius 2 is 2.00 bits per heavy atom. The molecule has 0 saturated carbocycles.